The minimum Gasteiger partial charge on any atom is -0.341 e. The number of nitrogens with zero attached hydrogens (tertiary/aromatic N) is 4. The van der Waals surface area contributed by atoms with Crippen molar-refractivity contribution in [2.24, 2.45) is 5.92 Å². The van der Waals surface area contributed by atoms with Crippen LogP contribution in [0.1, 0.15) is 40.0 Å². The van der Waals surface area contributed by atoms with Crippen molar-refractivity contribution in [1.82, 2.24) is 19.3 Å². The van der Waals surface area contributed by atoms with E-state index >= 15 is 0 Å². The minimum atomic E-state index is -0.850. The van der Waals surface area contributed by atoms with Gasteiger partial charge in [0, 0.05) is 38.4 Å². The van der Waals surface area contributed by atoms with E-state index in [1.54, 1.807) is 28.1 Å². The predicted octanol–water partition coefficient (Wildman–Crippen LogP) is 1.54. The molecule has 0 aliphatic carbocycles. The molecule has 2 aliphatic heterocycles. The first kappa shape index (κ1) is 21.1. The molecule has 4 amide bonds. The molecule has 2 aliphatic rings. The molecular weight excluding hydrogens is 372 g/mol. The highest BCUT2D eigenvalue weighted by Gasteiger charge is 2.57. The molecule has 3 rings (SSSR count). The smallest absolute Gasteiger partial charge is 0.327 e. The second-order valence-electron chi connectivity index (χ2n) is 8.32. The van der Waals surface area contributed by atoms with Gasteiger partial charge in [-0.1, -0.05) is 26.8 Å². The summed E-state index contributed by atoms with van der Waals surface area (Å²) in [4.78, 5) is 55.5. The maximum Gasteiger partial charge on any atom is 0.327 e. The second kappa shape index (κ2) is 8.39. The van der Waals surface area contributed by atoms with E-state index in [4.69, 9.17) is 0 Å². The molecule has 2 fully saturated rings. The average Bonchev–Trinajstić information content (AvgIpc) is 2.87. The first-order chi connectivity index (χ1) is 13.8. The number of imide groups is 1. The molecule has 0 saturated carbocycles. The molecule has 0 radical (unpaired) electrons. The van der Waals surface area contributed by atoms with Gasteiger partial charge in [0.05, 0.1) is 0 Å². The highest BCUT2D eigenvalue weighted by molar-refractivity contribution is 6.07. The Bertz CT molecular complexity index is 839. The summed E-state index contributed by atoms with van der Waals surface area (Å²) >= 11 is 0. The van der Waals surface area contributed by atoms with Crippen LogP contribution in [-0.2, 0) is 16.1 Å². The molecule has 2 saturated heterocycles. The maximum absolute atomic E-state index is 13.2. The molecule has 3 heterocycles. The Hall–Kier alpha value is -2.64. The minimum absolute atomic E-state index is 0.0166. The van der Waals surface area contributed by atoms with Crippen molar-refractivity contribution in [2.75, 3.05) is 26.2 Å². The van der Waals surface area contributed by atoms with Crippen LogP contribution in [-0.4, -0.2) is 68.8 Å². The Labute approximate surface area is 171 Å². The largest absolute Gasteiger partial charge is 0.341 e. The first-order valence-electron chi connectivity index (χ1n) is 10.4. The topological polar surface area (TPSA) is 82.9 Å². The van der Waals surface area contributed by atoms with E-state index in [1.165, 1.54) is 15.5 Å². The summed E-state index contributed by atoms with van der Waals surface area (Å²) in [5.41, 5.74) is -1.07. The van der Waals surface area contributed by atoms with E-state index in [2.05, 4.69) is 0 Å². The summed E-state index contributed by atoms with van der Waals surface area (Å²) in [5.74, 6) is -0.0306. The number of rotatable bonds is 6. The number of hydrogen-bond acceptors (Lipinski definition) is 4. The number of amides is 4. The monoisotopic (exact) mass is 402 g/mol. The van der Waals surface area contributed by atoms with Crippen molar-refractivity contribution < 1.29 is 14.4 Å². The molecule has 0 aromatic carbocycles. The number of aromatic nitrogens is 1. The fourth-order valence-electron chi connectivity index (χ4n) is 4.27. The molecule has 0 unspecified atom stereocenters. The van der Waals surface area contributed by atoms with Crippen LogP contribution in [0, 0.1) is 5.92 Å². The number of pyridine rings is 1. The van der Waals surface area contributed by atoms with Crippen molar-refractivity contribution >= 4 is 17.8 Å². The van der Waals surface area contributed by atoms with Crippen LogP contribution in [0.3, 0.4) is 0 Å². The normalized spacial score (nSPS) is 19.0. The van der Waals surface area contributed by atoms with E-state index in [0.29, 0.717) is 39.0 Å². The molecule has 158 valence electrons. The molecular formula is C21H30N4O4. The Morgan fingerprint density at radius 1 is 1.14 bits per heavy atom. The zero-order valence-corrected chi connectivity index (χ0v) is 17.5. The Balaban J connectivity index is 1.74. The molecule has 0 atom stereocenters. The predicted molar refractivity (Wildman–Crippen MR) is 108 cm³/mol. The van der Waals surface area contributed by atoms with E-state index in [9.17, 15) is 19.2 Å². The van der Waals surface area contributed by atoms with Gasteiger partial charge in [0.1, 0.15) is 12.1 Å². The zero-order valence-electron chi connectivity index (χ0n) is 17.5. The standard InChI is InChI=1S/C21H30N4O4/c1-4-10-24-19(28)21(25(20(24)29)14-16(2)3)8-12-22(13-9-21)18(27)15-23-11-6-5-7-17(23)26/h5-7,11,16H,4,8-10,12-15H2,1-3H3. The third kappa shape index (κ3) is 3.93. The number of carbonyl (C=O) groups excluding carboxylic acids is 3. The van der Waals surface area contributed by atoms with Gasteiger partial charge in [0.2, 0.25) is 5.91 Å². The van der Waals surface area contributed by atoms with Gasteiger partial charge in [-0.05, 0) is 31.2 Å². The van der Waals surface area contributed by atoms with Gasteiger partial charge in [-0.15, -0.1) is 0 Å². The molecule has 8 heteroatoms. The van der Waals surface area contributed by atoms with E-state index in [-0.39, 0.29) is 35.9 Å². The summed E-state index contributed by atoms with van der Waals surface area (Å²) < 4.78 is 1.38. The van der Waals surface area contributed by atoms with Gasteiger partial charge in [-0.3, -0.25) is 19.3 Å². The lowest BCUT2D eigenvalue weighted by atomic mass is 9.85. The number of likely N-dealkylation sites (tertiary alicyclic amines) is 1. The first-order valence-corrected chi connectivity index (χ1v) is 10.4. The Morgan fingerprint density at radius 3 is 2.41 bits per heavy atom. The summed E-state index contributed by atoms with van der Waals surface area (Å²) in [5, 5.41) is 0. The Kier molecular flexibility index (Phi) is 6.10. The summed E-state index contributed by atoms with van der Waals surface area (Å²) in [6, 6.07) is 4.57. The zero-order chi connectivity index (χ0) is 21.2. The molecule has 0 bridgehead atoms. The number of hydrogen-bond donors (Lipinski definition) is 0. The third-order valence-corrected chi connectivity index (χ3v) is 5.76. The van der Waals surface area contributed by atoms with Crippen LogP contribution in [0.15, 0.2) is 29.2 Å². The van der Waals surface area contributed by atoms with Gasteiger partial charge in [-0.2, -0.15) is 0 Å². The van der Waals surface area contributed by atoms with Crippen LogP contribution < -0.4 is 5.56 Å². The molecule has 29 heavy (non-hydrogen) atoms. The fraction of sp³-hybridized carbons (Fsp3) is 0.619. The van der Waals surface area contributed by atoms with E-state index < -0.39 is 5.54 Å². The average molecular weight is 402 g/mol. The summed E-state index contributed by atoms with van der Waals surface area (Å²) in [6.45, 7) is 7.74. The lowest BCUT2D eigenvalue weighted by Gasteiger charge is -2.42. The fourth-order valence-corrected chi connectivity index (χ4v) is 4.27. The number of urea groups is 1. The highest BCUT2D eigenvalue weighted by atomic mass is 16.2. The van der Waals surface area contributed by atoms with Crippen LogP contribution >= 0.6 is 0 Å². The van der Waals surface area contributed by atoms with Crippen molar-refractivity contribution in [3.8, 4) is 0 Å². The molecule has 8 nitrogen and oxygen atoms in total. The molecule has 1 spiro atoms. The van der Waals surface area contributed by atoms with Crippen molar-refractivity contribution in [2.45, 2.75) is 52.1 Å². The van der Waals surface area contributed by atoms with Gasteiger partial charge >= 0.3 is 6.03 Å². The second-order valence-corrected chi connectivity index (χ2v) is 8.32. The van der Waals surface area contributed by atoms with Gasteiger partial charge in [-0.25, -0.2) is 4.79 Å². The maximum atomic E-state index is 13.2. The summed E-state index contributed by atoms with van der Waals surface area (Å²) in [6.07, 6.45) is 3.18. The van der Waals surface area contributed by atoms with E-state index in [1.807, 2.05) is 20.8 Å². The molecule has 0 N–H and O–H groups in total. The number of carbonyl (C=O) groups is 3. The van der Waals surface area contributed by atoms with Gasteiger partial charge < -0.3 is 14.4 Å². The molecule has 1 aromatic rings. The lowest BCUT2D eigenvalue weighted by Crippen LogP contribution is -2.58. The van der Waals surface area contributed by atoms with Crippen molar-refractivity contribution in [3.63, 3.8) is 0 Å². The van der Waals surface area contributed by atoms with Crippen molar-refractivity contribution in [3.05, 3.63) is 34.7 Å². The molecule has 1 aromatic heterocycles. The van der Waals surface area contributed by atoms with Gasteiger partial charge in [0.15, 0.2) is 0 Å². The quantitative estimate of drug-likeness (QED) is 0.676. The SMILES string of the molecule is CCCN1C(=O)N(CC(C)C)C2(CCN(C(=O)Cn3ccccc3=O)CC2)C1=O. The summed E-state index contributed by atoms with van der Waals surface area (Å²) in [7, 11) is 0. The third-order valence-electron chi connectivity index (χ3n) is 5.76. The van der Waals surface area contributed by atoms with Crippen molar-refractivity contribution in [1.29, 1.82) is 0 Å². The van der Waals surface area contributed by atoms with E-state index in [0.717, 1.165) is 6.42 Å². The lowest BCUT2D eigenvalue weighted by molar-refractivity contribution is -0.141. The Morgan fingerprint density at radius 2 is 1.83 bits per heavy atom. The van der Waals surface area contributed by atoms with Crippen LogP contribution in [0.2, 0.25) is 0 Å². The van der Waals surface area contributed by atoms with Gasteiger partial charge in [0.25, 0.3) is 11.5 Å². The van der Waals surface area contributed by atoms with Crippen LogP contribution in [0.4, 0.5) is 4.79 Å². The highest BCUT2D eigenvalue weighted by Crippen LogP contribution is 2.38. The van der Waals surface area contributed by atoms with Crippen LogP contribution in [0.25, 0.3) is 0 Å². The van der Waals surface area contributed by atoms with Crippen LogP contribution in [0.5, 0.6) is 0 Å². The number of piperidine rings is 1.